The van der Waals surface area contributed by atoms with Crippen molar-refractivity contribution in [1.29, 1.82) is 5.26 Å². The maximum atomic E-state index is 12.1. The van der Waals surface area contributed by atoms with E-state index in [-0.39, 0.29) is 18.5 Å². The summed E-state index contributed by atoms with van der Waals surface area (Å²) in [6.45, 7) is 0.896. The zero-order chi connectivity index (χ0) is 19.2. The van der Waals surface area contributed by atoms with E-state index in [1.807, 2.05) is 24.3 Å². The third-order valence-corrected chi connectivity index (χ3v) is 4.25. The van der Waals surface area contributed by atoms with Crippen molar-refractivity contribution < 1.29 is 19.1 Å². The maximum absolute atomic E-state index is 12.1. The Balaban J connectivity index is 1.54. The Morgan fingerprint density at radius 1 is 1.26 bits per heavy atom. The second kappa shape index (κ2) is 8.23. The van der Waals surface area contributed by atoms with Crippen molar-refractivity contribution in [2.45, 2.75) is 12.5 Å². The first-order valence-corrected chi connectivity index (χ1v) is 8.47. The lowest BCUT2D eigenvalue weighted by Crippen LogP contribution is -2.27. The third-order valence-electron chi connectivity index (χ3n) is 4.25. The molecule has 1 unspecified atom stereocenters. The van der Waals surface area contributed by atoms with Gasteiger partial charge in [0.05, 0.1) is 38.3 Å². The quantitative estimate of drug-likeness (QED) is 0.792. The Morgan fingerprint density at radius 3 is 2.59 bits per heavy atom. The first kappa shape index (κ1) is 18.3. The topological polar surface area (TPSA) is 91.7 Å². The average Bonchev–Trinajstić information content (AvgIpc) is 3.08. The van der Waals surface area contributed by atoms with E-state index in [9.17, 15) is 9.59 Å². The molecular weight excluding hydrogens is 346 g/mol. The van der Waals surface area contributed by atoms with E-state index in [0.717, 1.165) is 11.3 Å². The summed E-state index contributed by atoms with van der Waals surface area (Å²) in [6, 6.07) is 16.3. The highest BCUT2D eigenvalue weighted by atomic mass is 16.6. The number of nitrogens with zero attached hydrogens (tertiary/aromatic N) is 2. The standard InChI is InChI=1S/C20H19N3O4/c1-26-19(24)10-14-2-6-16(7-3-14)22-12-18-13-23(20(25)27-18)17-8-4-15(11-21)5-9-17/h2-9,18,22H,10,12-13H2,1H3. The second-order valence-electron chi connectivity index (χ2n) is 6.11. The largest absolute Gasteiger partial charge is 0.469 e. The van der Waals surface area contributed by atoms with E-state index >= 15 is 0 Å². The van der Waals surface area contributed by atoms with Gasteiger partial charge in [-0.15, -0.1) is 0 Å². The molecule has 0 bridgehead atoms. The number of hydrogen-bond acceptors (Lipinski definition) is 6. The van der Waals surface area contributed by atoms with Crippen LogP contribution >= 0.6 is 0 Å². The summed E-state index contributed by atoms with van der Waals surface area (Å²) in [6.07, 6.45) is -0.459. The number of rotatable bonds is 6. The summed E-state index contributed by atoms with van der Waals surface area (Å²) in [5.41, 5.74) is 2.98. The minimum absolute atomic E-state index is 0.233. The van der Waals surface area contributed by atoms with Gasteiger partial charge in [-0.1, -0.05) is 12.1 Å². The van der Waals surface area contributed by atoms with Crippen LogP contribution in [0.4, 0.5) is 16.2 Å². The molecule has 1 N–H and O–H groups in total. The number of anilines is 2. The smallest absolute Gasteiger partial charge is 0.414 e. The van der Waals surface area contributed by atoms with Crippen LogP contribution in [0.5, 0.6) is 0 Å². The number of amides is 1. The van der Waals surface area contributed by atoms with Crippen molar-refractivity contribution in [3.63, 3.8) is 0 Å². The van der Waals surface area contributed by atoms with Gasteiger partial charge in [0.15, 0.2) is 0 Å². The molecule has 138 valence electrons. The van der Waals surface area contributed by atoms with Crippen molar-refractivity contribution in [1.82, 2.24) is 0 Å². The molecule has 0 spiro atoms. The molecule has 2 aromatic carbocycles. The van der Waals surface area contributed by atoms with E-state index in [1.54, 1.807) is 29.2 Å². The van der Waals surface area contributed by atoms with Crippen molar-refractivity contribution in [3.8, 4) is 6.07 Å². The molecule has 1 amide bonds. The predicted molar refractivity (Wildman–Crippen MR) is 99.4 cm³/mol. The van der Waals surface area contributed by atoms with E-state index in [1.165, 1.54) is 7.11 Å². The van der Waals surface area contributed by atoms with Crippen LogP contribution in [-0.4, -0.2) is 38.4 Å². The molecule has 1 fully saturated rings. The minimum atomic E-state index is -0.403. The van der Waals surface area contributed by atoms with Crippen molar-refractivity contribution >= 4 is 23.4 Å². The van der Waals surface area contributed by atoms with E-state index in [4.69, 9.17) is 10.00 Å². The summed E-state index contributed by atoms with van der Waals surface area (Å²) in [5.74, 6) is -0.281. The molecule has 2 aromatic rings. The second-order valence-corrected chi connectivity index (χ2v) is 6.11. The number of esters is 1. The van der Waals surface area contributed by atoms with Crippen LogP contribution in [0.1, 0.15) is 11.1 Å². The van der Waals surface area contributed by atoms with Gasteiger partial charge in [0.2, 0.25) is 0 Å². The number of cyclic esters (lactones) is 1. The fourth-order valence-corrected chi connectivity index (χ4v) is 2.77. The van der Waals surface area contributed by atoms with Gasteiger partial charge in [0, 0.05) is 11.4 Å². The number of carbonyl (C=O) groups excluding carboxylic acids is 2. The monoisotopic (exact) mass is 365 g/mol. The Morgan fingerprint density at radius 2 is 1.96 bits per heavy atom. The van der Waals surface area contributed by atoms with Gasteiger partial charge in [0.25, 0.3) is 0 Å². The van der Waals surface area contributed by atoms with Crippen LogP contribution in [0, 0.1) is 11.3 Å². The van der Waals surface area contributed by atoms with E-state index < -0.39 is 6.09 Å². The number of methoxy groups -OCH3 is 1. The van der Waals surface area contributed by atoms with Gasteiger partial charge in [-0.3, -0.25) is 9.69 Å². The first-order valence-electron chi connectivity index (χ1n) is 8.47. The highest BCUT2D eigenvalue weighted by Gasteiger charge is 2.32. The Hall–Kier alpha value is -3.53. The average molecular weight is 365 g/mol. The number of benzene rings is 2. The molecule has 1 heterocycles. The summed E-state index contributed by atoms with van der Waals surface area (Å²) in [5, 5.41) is 12.1. The molecular formula is C20H19N3O4. The number of hydrogen-bond donors (Lipinski definition) is 1. The number of nitriles is 1. The number of nitrogens with one attached hydrogen (secondary N) is 1. The highest BCUT2D eigenvalue weighted by Crippen LogP contribution is 2.22. The summed E-state index contributed by atoms with van der Waals surface area (Å²) in [7, 11) is 1.36. The Bertz CT molecular complexity index is 856. The molecule has 27 heavy (non-hydrogen) atoms. The fraction of sp³-hybridized carbons (Fsp3) is 0.250. The zero-order valence-electron chi connectivity index (χ0n) is 14.8. The van der Waals surface area contributed by atoms with Gasteiger partial charge in [0.1, 0.15) is 6.10 Å². The minimum Gasteiger partial charge on any atom is -0.469 e. The lowest BCUT2D eigenvalue weighted by molar-refractivity contribution is -0.139. The predicted octanol–water partition coefficient (Wildman–Crippen LogP) is 2.71. The molecule has 0 radical (unpaired) electrons. The molecule has 1 aliphatic heterocycles. The normalized spacial score (nSPS) is 15.8. The molecule has 1 aliphatic rings. The van der Waals surface area contributed by atoms with Crippen LogP contribution in [0.3, 0.4) is 0 Å². The molecule has 7 nitrogen and oxygen atoms in total. The maximum Gasteiger partial charge on any atom is 0.414 e. The van der Waals surface area contributed by atoms with Gasteiger partial charge in [-0.05, 0) is 42.0 Å². The van der Waals surface area contributed by atoms with Crippen LogP contribution < -0.4 is 10.2 Å². The van der Waals surface area contributed by atoms with Crippen molar-refractivity contribution in [3.05, 3.63) is 59.7 Å². The van der Waals surface area contributed by atoms with Crippen molar-refractivity contribution in [2.24, 2.45) is 0 Å². The van der Waals surface area contributed by atoms with Crippen LogP contribution in [0.2, 0.25) is 0 Å². The molecule has 1 atom stereocenters. The summed E-state index contributed by atoms with van der Waals surface area (Å²) < 4.78 is 10.0. The Kier molecular flexibility index (Phi) is 5.57. The molecule has 7 heteroatoms. The van der Waals surface area contributed by atoms with Crippen LogP contribution in [0.15, 0.2) is 48.5 Å². The molecule has 3 rings (SSSR count). The SMILES string of the molecule is COC(=O)Cc1ccc(NCC2CN(c3ccc(C#N)cc3)C(=O)O2)cc1. The number of ether oxygens (including phenoxy) is 2. The number of carbonyl (C=O) groups is 2. The summed E-state index contributed by atoms with van der Waals surface area (Å²) >= 11 is 0. The summed E-state index contributed by atoms with van der Waals surface area (Å²) in [4.78, 5) is 24.9. The molecule has 1 saturated heterocycles. The molecule has 0 aliphatic carbocycles. The van der Waals surface area contributed by atoms with Gasteiger partial charge < -0.3 is 14.8 Å². The first-order chi connectivity index (χ1) is 13.1. The van der Waals surface area contributed by atoms with Crippen LogP contribution in [0.25, 0.3) is 0 Å². The Labute approximate surface area is 157 Å². The zero-order valence-corrected chi connectivity index (χ0v) is 14.8. The lowest BCUT2D eigenvalue weighted by atomic mass is 10.1. The molecule has 0 aromatic heterocycles. The fourth-order valence-electron chi connectivity index (χ4n) is 2.77. The van der Waals surface area contributed by atoms with E-state index in [0.29, 0.717) is 24.3 Å². The highest BCUT2D eigenvalue weighted by molar-refractivity contribution is 5.89. The lowest BCUT2D eigenvalue weighted by Gasteiger charge is -2.13. The van der Waals surface area contributed by atoms with Crippen LogP contribution in [-0.2, 0) is 20.7 Å². The third kappa shape index (κ3) is 4.55. The van der Waals surface area contributed by atoms with Gasteiger partial charge in [-0.2, -0.15) is 5.26 Å². The van der Waals surface area contributed by atoms with Crippen molar-refractivity contribution in [2.75, 3.05) is 30.4 Å². The van der Waals surface area contributed by atoms with E-state index in [2.05, 4.69) is 16.1 Å². The molecule has 0 saturated carbocycles. The van der Waals surface area contributed by atoms with Gasteiger partial charge in [-0.25, -0.2) is 4.79 Å². The van der Waals surface area contributed by atoms with Gasteiger partial charge >= 0.3 is 12.1 Å².